The highest BCUT2D eigenvalue weighted by Crippen LogP contribution is 2.37. The first kappa shape index (κ1) is 23.1. The summed E-state index contributed by atoms with van der Waals surface area (Å²) >= 11 is 0. The van der Waals surface area contributed by atoms with E-state index in [2.05, 4.69) is 6.92 Å². The molecule has 1 aliphatic carbocycles. The van der Waals surface area contributed by atoms with Gasteiger partial charge in [-0.1, -0.05) is 64.0 Å². The van der Waals surface area contributed by atoms with Crippen LogP contribution in [0.4, 0.5) is 0 Å². The predicted octanol–water partition coefficient (Wildman–Crippen LogP) is 3.66. The van der Waals surface area contributed by atoms with Crippen molar-refractivity contribution in [3.63, 3.8) is 0 Å². The van der Waals surface area contributed by atoms with E-state index in [9.17, 15) is 20.1 Å². The Morgan fingerprint density at radius 3 is 2.42 bits per heavy atom. The molecule has 5 nitrogen and oxygen atoms in total. The van der Waals surface area contributed by atoms with Gasteiger partial charge in [0.15, 0.2) is 0 Å². The van der Waals surface area contributed by atoms with Crippen molar-refractivity contribution in [3.8, 4) is 0 Å². The molecule has 26 heavy (non-hydrogen) atoms. The van der Waals surface area contributed by atoms with Crippen LogP contribution in [0.15, 0.2) is 12.2 Å². The molecule has 0 heterocycles. The molecule has 0 saturated heterocycles. The second-order valence-electron chi connectivity index (χ2n) is 7.76. The molecule has 0 spiro atoms. The predicted molar refractivity (Wildman–Crippen MR) is 103 cm³/mol. The smallest absolute Gasteiger partial charge is 0.303 e. The number of aliphatic carboxylic acids is 1. The van der Waals surface area contributed by atoms with E-state index in [1.165, 1.54) is 0 Å². The topological polar surface area (TPSA) is 98.0 Å². The number of unbranched alkanes of at least 4 members (excludes halogenated alkanes) is 6. The molecule has 1 unspecified atom stereocenters. The van der Waals surface area contributed by atoms with Gasteiger partial charge in [0.05, 0.1) is 18.3 Å². The summed E-state index contributed by atoms with van der Waals surface area (Å²) in [4.78, 5) is 10.5. The lowest BCUT2D eigenvalue weighted by Crippen LogP contribution is -2.21. The minimum absolute atomic E-state index is 0.0445. The lowest BCUT2D eigenvalue weighted by molar-refractivity contribution is -0.137. The zero-order valence-electron chi connectivity index (χ0n) is 16.2. The van der Waals surface area contributed by atoms with E-state index >= 15 is 0 Å². The molecule has 5 heteroatoms. The first-order chi connectivity index (χ1) is 12.5. The van der Waals surface area contributed by atoms with Gasteiger partial charge in [0.25, 0.3) is 0 Å². The minimum atomic E-state index is -0.737. The van der Waals surface area contributed by atoms with Gasteiger partial charge >= 0.3 is 5.97 Å². The number of rotatable bonds is 14. The summed E-state index contributed by atoms with van der Waals surface area (Å²) in [7, 11) is 0. The van der Waals surface area contributed by atoms with Gasteiger partial charge in [-0.05, 0) is 25.2 Å². The molecule has 5 atom stereocenters. The van der Waals surface area contributed by atoms with Crippen LogP contribution in [-0.4, -0.2) is 44.7 Å². The molecule has 1 aliphatic rings. The van der Waals surface area contributed by atoms with Crippen molar-refractivity contribution in [2.75, 3.05) is 0 Å². The molecule has 0 radical (unpaired) electrons. The van der Waals surface area contributed by atoms with Crippen molar-refractivity contribution >= 4 is 5.97 Å². The van der Waals surface area contributed by atoms with E-state index in [1.807, 2.05) is 6.08 Å². The van der Waals surface area contributed by atoms with Crippen molar-refractivity contribution in [1.82, 2.24) is 0 Å². The van der Waals surface area contributed by atoms with E-state index in [4.69, 9.17) is 5.11 Å². The maximum Gasteiger partial charge on any atom is 0.303 e. The van der Waals surface area contributed by atoms with Crippen LogP contribution in [0.1, 0.15) is 84.0 Å². The minimum Gasteiger partial charge on any atom is -0.481 e. The second kappa shape index (κ2) is 13.3. The van der Waals surface area contributed by atoms with Crippen molar-refractivity contribution in [3.05, 3.63) is 12.2 Å². The molecule has 0 aromatic rings. The first-order valence-corrected chi connectivity index (χ1v) is 10.4. The van der Waals surface area contributed by atoms with Crippen LogP contribution in [0.25, 0.3) is 0 Å². The van der Waals surface area contributed by atoms with Crippen LogP contribution in [-0.2, 0) is 4.79 Å². The summed E-state index contributed by atoms with van der Waals surface area (Å²) in [6, 6.07) is 0. The molecule has 4 N–H and O–H groups in total. The quantitative estimate of drug-likeness (QED) is 0.276. The Morgan fingerprint density at radius 1 is 1.04 bits per heavy atom. The number of carbonyl (C=O) groups is 1. The summed E-state index contributed by atoms with van der Waals surface area (Å²) in [5.74, 6) is -0.777. The summed E-state index contributed by atoms with van der Waals surface area (Å²) in [5, 5.41) is 39.1. The summed E-state index contributed by atoms with van der Waals surface area (Å²) in [6.07, 6.45) is 12.4. The summed E-state index contributed by atoms with van der Waals surface area (Å²) < 4.78 is 0. The van der Waals surface area contributed by atoms with Gasteiger partial charge in [-0.3, -0.25) is 4.79 Å². The Morgan fingerprint density at radius 2 is 1.73 bits per heavy atom. The average molecular weight is 371 g/mol. The molecular formula is C21H38O5. The third kappa shape index (κ3) is 9.15. The van der Waals surface area contributed by atoms with Gasteiger partial charge in [0, 0.05) is 18.8 Å². The Kier molecular flexibility index (Phi) is 11.8. The highest BCUT2D eigenvalue weighted by Gasteiger charge is 2.39. The van der Waals surface area contributed by atoms with Gasteiger partial charge < -0.3 is 20.4 Å². The van der Waals surface area contributed by atoms with Crippen molar-refractivity contribution in [1.29, 1.82) is 0 Å². The third-order valence-corrected chi connectivity index (χ3v) is 5.50. The fourth-order valence-corrected chi connectivity index (χ4v) is 3.92. The molecule has 1 saturated carbocycles. The zero-order valence-corrected chi connectivity index (χ0v) is 16.2. The Labute approximate surface area is 158 Å². The number of aliphatic hydroxyl groups excluding tert-OH is 3. The number of aliphatic hydroxyl groups is 3. The SMILES string of the molecule is CCCCCC(O)/C=C/[C@@H]1[C@@H](CCCCCCCC(=O)O)[C@@H](O)C[C@H]1O. The fourth-order valence-electron chi connectivity index (χ4n) is 3.92. The van der Waals surface area contributed by atoms with E-state index in [1.54, 1.807) is 6.08 Å². The van der Waals surface area contributed by atoms with Crippen molar-refractivity contribution in [2.45, 2.75) is 102 Å². The Balaban J connectivity index is 2.33. The third-order valence-electron chi connectivity index (χ3n) is 5.50. The van der Waals surface area contributed by atoms with E-state index in [-0.39, 0.29) is 18.3 Å². The highest BCUT2D eigenvalue weighted by atomic mass is 16.4. The van der Waals surface area contributed by atoms with Crippen LogP contribution in [0.2, 0.25) is 0 Å². The second-order valence-corrected chi connectivity index (χ2v) is 7.76. The lowest BCUT2D eigenvalue weighted by Gasteiger charge is -2.21. The lowest BCUT2D eigenvalue weighted by atomic mass is 9.87. The van der Waals surface area contributed by atoms with E-state index in [0.29, 0.717) is 6.42 Å². The van der Waals surface area contributed by atoms with E-state index < -0.39 is 24.3 Å². The molecule has 0 aliphatic heterocycles. The number of carboxylic acids is 1. The van der Waals surface area contributed by atoms with Crippen LogP contribution in [0, 0.1) is 11.8 Å². The standard InChI is InChI=1S/C21H38O5/c1-2-3-7-10-16(22)13-14-18-17(19(23)15-20(18)24)11-8-5-4-6-9-12-21(25)26/h13-14,16-20,22-24H,2-12,15H2,1H3,(H,25,26)/b14-13+/t16?,17-,18-,19+,20-/m1/s1. The van der Waals surface area contributed by atoms with Crippen molar-refractivity contribution < 1.29 is 25.2 Å². The largest absolute Gasteiger partial charge is 0.481 e. The molecule has 1 rings (SSSR count). The van der Waals surface area contributed by atoms with Crippen molar-refractivity contribution in [2.24, 2.45) is 11.8 Å². The molecular weight excluding hydrogens is 332 g/mol. The van der Waals surface area contributed by atoms with Gasteiger partial charge in [0.2, 0.25) is 0 Å². The Bertz CT molecular complexity index is 409. The molecule has 152 valence electrons. The maximum atomic E-state index is 10.5. The molecule has 0 amide bonds. The van der Waals surface area contributed by atoms with Crippen LogP contribution in [0.3, 0.4) is 0 Å². The van der Waals surface area contributed by atoms with E-state index in [0.717, 1.165) is 64.2 Å². The first-order valence-electron chi connectivity index (χ1n) is 10.4. The van der Waals surface area contributed by atoms with Gasteiger partial charge in [-0.15, -0.1) is 0 Å². The monoisotopic (exact) mass is 370 g/mol. The molecule has 0 aromatic carbocycles. The number of hydrogen-bond acceptors (Lipinski definition) is 4. The highest BCUT2D eigenvalue weighted by molar-refractivity contribution is 5.66. The Hall–Kier alpha value is -0.910. The molecule has 0 aromatic heterocycles. The van der Waals surface area contributed by atoms with Gasteiger partial charge in [-0.2, -0.15) is 0 Å². The zero-order chi connectivity index (χ0) is 19.4. The van der Waals surface area contributed by atoms with Crippen LogP contribution in [0.5, 0.6) is 0 Å². The molecule has 0 bridgehead atoms. The average Bonchev–Trinajstić information content (AvgIpc) is 2.85. The maximum absolute atomic E-state index is 10.5. The van der Waals surface area contributed by atoms with Crippen LogP contribution >= 0.6 is 0 Å². The van der Waals surface area contributed by atoms with Gasteiger partial charge in [0.1, 0.15) is 0 Å². The normalized spacial score (nSPS) is 27.2. The number of carboxylic acid groups (broad SMARTS) is 1. The fraction of sp³-hybridized carbons (Fsp3) is 0.857. The summed E-state index contributed by atoms with van der Waals surface area (Å²) in [6.45, 7) is 2.13. The van der Waals surface area contributed by atoms with Gasteiger partial charge in [-0.25, -0.2) is 0 Å². The van der Waals surface area contributed by atoms with Crippen LogP contribution < -0.4 is 0 Å². The number of hydrogen-bond donors (Lipinski definition) is 4. The summed E-state index contributed by atoms with van der Waals surface area (Å²) in [5.41, 5.74) is 0. The molecule has 1 fully saturated rings.